The molecule has 1 heterocycles. The van der Waals surface area contributed by atoms with Crippen LogP contribution in [0, 0.1) is 5.82 Å². The summed E-state index contributed by atoms with van der Waals surface area (Å²) in [4.78, 5) is 4.31. The molecule has 0 aromatic heterocycles. The molecule has 0 bridgehead atoms. The average Bonchev–Trinajstić information content (AvgIpc) is 2.56. The molecule has 0 saturated carbocycles. The fourth-order valence-corrected chi connectivity index (χ4v) is 1.41. The first-order valence-electron chi connectivity index (χ1n) is 4.68. The van der Waals surface area contributed by atoms with E-state index in [0.717, 1.165) is 11.5 Å². The predicted molar refractivity (Wildman–Crippen MR) is 53.0 cm³/mol. The summed E-state index contributed by atoms with van der Waals surface area (Å²) in [7, 11) is 0. The molecular formula is C11H12FNO. The Labute approximate surface area is 82.4 Å². The molecule has 0 amide bonds. The van der Waals surface area contributed by atoms with Crippen LogP contribution in [-0.4, -0.2) is 18.5 Å². The van der Waals surface area contributed by atoms with E-state index < -0.39 is 0 Å². The van der Waals surface area contributed by atoms with Gasteiger partial charge in [-0.05, 0) is 24.6 Å². The predicted octanol–water partition coefficient (Wildman–Crippen LogP) is 2.19. The Morgan fingerprint density at radius 3 is 2.71 bits per heavy atom. The van der Waals surface area contributed by atoms with Gasteiger partial charge in [-0.15, -0.1) is 0 Å². The third-order valence-electron chi connectivity index (χ3n) is 2.12. The lowest BCUT2D eigenvalue weighted by Gasteiger charge is -2.01. The molecule has 1 aliphatic heterocycles. The number of benzene rings is 1. The third-order valence-corrected chi connectivity index (χ3v) is 2.12. The van der Waals surface area contributed by atoms with Crippen molar-refractivity contribution >= 4 is 5.90 Å². The SMILES string of the molecule is CC1COC(Cc2ccc(F)cc2)=N1. The van der Waals surface area contributed by atoms with Crippen LogP contribution in [-0.2, 0) is 11.2 Å². The summed E-state index contributed by atoms with van der Waals surface area (Å²) in [5, 5.41) is 0. The lowest BCUT2D eigenvalue weighted by atomic mass is 10.1. The summed E-state index contributed by atoms with van der Waals surface area (Å²) in [5.41, 5.74) is 1.03. The normalized spacial score (nSPS) is 20.4. The van der Waals surface area contributed by atoms with E-state index in [9.17, 15) is 4.39 Å². The molecular weight excluding hydrogens is 181 g/mol. The van der Waals surface area contributed by atoms with Gasteiger partial charge in [0.15, 0.2) is 5.90 Å². The molecule has 2 nitrogen and oxygen atoms in total. The van der Waals surface area contributed by atoms with E-state index in [2.05, 4.69) is 4.99 Å². The van der Waals surface area contributed by atoms with Crippen molar-refractivity contribution in [2.24, 2.45) is 4.99 Å². The fraction of sp³-hybridized carbons (Fsp3) is 0.364. The molecule has 1 unspecified atom stereocenters. The van der Waals surface area contributed by atoms with E-state index in [4.69, 9.17) is 4.74 Å². The summed E-state index contributed by atoms with van der Waals surface area (Å²) in [6, 6.07) is 6.67. The highest BCUT2D eigenvalue weighted by molar-refractivity contribution is 5.80. The Balaban J connectivity index is 2.04. The number of rotatable bonds is 2. The number of hydrogen-bond acceptors (Lipinski definition) is 2. The van der Waals surface area contributed by atoms with Crippen LogP contribution in [0.15, 0.2) is 29.3 Å². The fourth-order valence-electron chi connectivity index (χ4n) is 1.41. The standard InChI is InChI=1S/C11H12FNO/c1-8-7-14-11(13-8)6-9-2-4-10(12)5-3-9/h2-5,8H,6-7H2,1H3. The first kappa shape index (κ1) is 9.19. The molecule has 14 heavy (non-hydrogen) atoms. The lowest BCUT2D eigenvalue weighted by molar-refractivity contribution is 0.317. The minimum atomic E-state index is -0.212. The van der Waals surface area contributed by atoms with Crippen LogP contribution in [0.2, 0.25) is 0 Å². The van der Waals surface area contributed by atoms with Crippen molar-refractivity contribution in [2.75, 3.05) is 6.61 Å². The quantitative estimate of drug-likeness (QED) is 0.705. The van der Waals surface area contributed by atoms with Crippen LogP contribution < -0.4 is 0 Å². The van der Waals surface area contributed by atoms with Crippen LogP contribution in [0.1, 0.15) is 12.5 Å². The third kappa shape index (κ3) is 2.10. The van der Waals surface area contributed by atoms with E-state index in [1.54, 1.807) is 12.1 Å². The molecule has 0 fully saturated rings. The monoisotopic (exact) mass is 193 g/mol. The van der Waals surface area contributed by atoms with Gasteiger partial charge in [-0.3, -0.25) is 0 Å². The van der Waals surface area contributed by atoms with E-state index in [1.807, 2.05) is 6.92 Å². The van der Waals surface area contributed by atoms with Gasteiger partial charge in [0.1, 0.15) is 12.4 Å². The van der Waals surface area contributed by atoms with Gasteiger partial charge >= 0.3 is 0 Å². The minimum absolute atomic E-state index is 0.212. The molecule has 1 aromatic rings. The molecule has 0 saturated heterocycles. The topological polar surface area (TPSA) is 21.6 Å². The largest absolute Gasteiger partial charge is 0.478 e. The van der Waals surface area contributed by atoms with Gasteiger partial charge in [0.2, 0.25) is 0 Å². The van der Waals surface area contributed by atoms with Crippen LogP contribution >= 0.6 is 0 Å². The molecule has 2 rings (SSSR count). The maximum absolute atomic E-state index is 12.6. The van der Waals surface area contributed by atoms with Gasteiger partial charge in [0, 0.05) is 6.42 Å². The smallest absolute Gasteiger partial charge is 0.188 e. The van der Waals surface area contributed by atoms with Gasteiger partial charge < -0.3 is 4.74 Å². The molecule has 1 aromatic carbocycles. The molecule has 0 spiro atoms. The van der Waals surface area contributed by atoms with Gasteiger partial charge in [0.25, 0.3) is 0 Å². The van der Waals surface area contributed by atoms with Crippen molar-refractivity contribution in [3.05, 3.63) is 35.6 Å². The van der Waals surface area contributed by atoms with Crippen LogP contribution in [0.4, 0.5) is 4.39 Å². The van der Waals surface area contributed by atoms with E-state index in [-0.39, 0.29) is 11.9 Å². The zero-order chi connectivity index (χ0) is 9.97. The molecule has 1 atom stereocenters. The Morgan fingerprint density at radius 2 is 2.14 bits per heavy atom. The Morgan fingerprint density at radius 1 is 1.43 bits per heavy atom. The second-order valence-electron chi connectivity index (χ2n) is 3.49. The van der Waals surface area contributed by atoms with Crippen molar-refractivity contribution < 1.29 is 9.13 Å². The van der Waals surface area contributed by atoms with Gasteiger partial charge in [-0.1, -0.05) is 12.1 Å². The van der Waals surface area contributed by atoms with Crippen molar-refractivity contribution in [2.45, 2.75) is 19.4 Å². The average molecular weight is 193 g/mol. The Bertz CT molecular complexity index is 345. The van der Waals surface area contributed by atoms with E-state index >= 15 is 0 Å². The van der Waals surface area contributed by atoms with Crippen LogP contribution in [0.25, 0.3) is 0 Å². The van der Waals surface area contributed by atoms with Crippen molar-refractivity contribution in [3.63, 3.8) is 0 Å². The molecule has 74 valence electrons. The van der Waals surface area contributed by atoms with Crippen molar-refractivity contribution in [3.8, 4) is 0 Å². The van der Waals surface area contributed by atoms with E-state index in [0.29, 0.717) is 13.0 Å². The number of halogens is 1. The second kappa shape index (κ2) is 3.78. The van der Waals surface area contributed by atoms with Gasteiger partial charge in [-0.2, -0.15) is 0 Å². The summed E-state index contributed by atoms with van der Waals surface area (Å²) in [5.74, 6) is 0.542. The molecule has 0 aliphatic carbocycles. The van der Waals surface area contributed by atoms with Crippen LogP contribution in [0.5, 0.6) is 0 Å². The number of ether oxygens (including phenoxy) is 1. The maximum atomic E-state index is 12.6. The molecule has 0 N–H and O–H groups in total. The Kier molecular flexibility index (Phi) is 2.48. The lowest BCUT2D eigenvalue weighted by Crippen LogP contribution is -2.03. The van der Waals surface area contributed by atoms with Gasteiger partial charge in [0.05, 0.1) is 6.04 Å². The van der Waals surface area contributed by atoms with E-state index in [1.165, 1.54) is 12.1 Å². The second-order valence-corrected chi connectivity index (χ2v) is 3.49. The summed E-state index contributed by atoms with van der Waals surface area (Å²) >= 11 is 0. The first-order valence-corrected chi connectivity index (χ1v) is 4.68. The highest BCUT2D eigenvalue weighted by Crippen LogP contribution is 2.10. The summed E-state index contributed by atoms with van der Waals surface area (Å²) < 4.78 is 18.0. The maximum Gasteiger partial charge on any atom is 0.188 e. The Hall–Kier alpha value is -1.38. The van der Waals surface area contributed by atoms with Gasteiger partial charge in [-0.25, -0.2) is 9.38 Å². The summed E-state index contributed by atoms with van der Waals surface area (Å²) in [6.45, 7) is 2.67. The highest BCUT2D eigenvalue weighted by Gasteiger charge is 2.14. The van der Waals surface area contributed by atoms with Crippen molar-refractivity contribution in [1.82, 2.24) is 0 Å². The number of aliphatic imine (C=N–C) groups is 1. The zero-order valence-corrected chi connectivity index (χ0v) is 8.03. The number of hydrogen-bond donors (Lipinski definition) is 0. The molecule has 1 aliphatic rings. The summed E-state index contributed by atoms with van der Waals surface area (Å²) in [6.07, 6.45) is 0.657. The number of nitrogens with zero attached hydrogens (tertiary/aromatic N) is 1. The van der Waals surface area contributed by atoms with Crippen molar-refractivity contribution in [1.29, 1.82) is 0 Å². The molecule has 0 radical (unpaired) electrons. The highest BCUT2D eigenvalue weighted by atomic mass is 19.1. The molecule has 3 heteroatoms. The minimum Gasteiger partial charge on any atom is -0.478 e. The van der Waals surface area contributed by atoms with Crippen LogP contribution in [0.3, 0.4) is 0 Å². The zero-order valence-electron chi connectivity index (χ0n) is 8.03. The first-order chi connectivity index (χ1) is 6.74.